The third-order valence-corrected chi connectivity index (χ3v) is 3.06. The fraction of sp³-hybridized carbons (Fsp3) is 0.333. The highest BCUT2D eigenvalue weighted by Crippen LogP contribution is 2.23. The molecule has 2 heterocycles. The van der Waals surface area contributed by atoms with E-state index in [0.717, 1.165) is 22.0 Å². The van der Waals surface area contributed by atoms with E-state index in [1.54, 1.807) is 11.3 Å². The molecule has 0 aliphatic heterocycles. The zero-order chi connectivity index (χ0) is 10.8. The summed E-state index contributed by atoms with van der Waals surface area (Å²) in [7, 11) is 0. The van der Waals surface area contributed by atoms with Crippen molar-refractivity contribution in [3.63, 3.8) is 0 Å². The lowest BCUT2D eigenvalue weighted by molar-refractivity contribution is 0.823. The van der Waals surface area contributed by atoms with Gasteiger partial charge in [-0.3, -0.25) is 4.98 Å². The Morgan fingerprint density at radius 3 is 2.73 bits per heavy atom. The van der Waals surface area contributed by atoms with Gasteiger partial charge in [0, 0.05) is 22.8 Å². The summed E-state index contributed by atoms with van der Waals surface area (Å²) in [4.78, 5) is 8.82. The Morgan fingerprint density at radius 2 is 2.13 bits per heavy atom. The zero-order valence-corrected chi connectivity index (χ0v) is 10.0. The molecule has 0 atom stereocenters. The Balaban J connectivity index is 2.41. The van der Waals surface area contributed by atoms with Crippen LogP contribution in [0.1, 0.15) is 30.5 Å². The molecule has 2 nitrogen and oxygen atoms in total. The van der Waals surface area contributed by atoms with Crippen molar-refractivity contribution >= 4 is 11.3 Å². The molecule has 78 valence electrons. The average molecular weight is 218 g/mol. The molecule has 0 fully saturated rings. The van der Waals surface area contributed by atoms with Crippen LogP contribution in [0.2, 0.25) is 0 Å². The molecular formula is C12H14N2S. The summed E-state index contributed by atoms with van der Waals surface area (Å²) in [5, 5.41) is 3.20. The van der Waals surface area contributed by atoms with Gasteiger partial charge in [-0.1, -0.05) is 13.8 Å². The molecular weight excluding hydrogens is 204 g/mol. The molecule has 2 rings (SSSR count). The Bertz CT molecular complexity index is 460. The predicted molar refractivity (Wildman–Crippen MR) is 64.2 cm³/mol. The first-order chi connectivity index (χ1) is 7.16. The van der Waals surface area contributed by atoms with Gasteiger partial charge in [0.15, 0.2) is 0 Å². The summed E-state index contributed by atoms with van der Waals surface area (Å²) >= 11 is 1.68. The summed E-state index contributed by atoms with van der Waals surface area (Å²) in [5.74, 6) is 0.463. The molecule has 0 amide bonds. The SMILES string of the molecule is Cc1nc(-c2ccnc(C(C)C)c2)cs1. The van der Waals surface area contributed by atoms with E-state index < -0.39 is 0 Å². The first kappa shape index (κ1) is 10.3. The molecule has 2 aromatic rings. The minimum atomic E-state index is 0.463. The highest BCUT2D eigenvalue weighted by atomic mass is 32.1. The largest absolute Gasteiger partial charge is 0.261 e. The first-order valence-corrected chi connectivity index (χ1v) is 5.93. The van der Waals surface area contributed by atoms with Crippen LogP contribution in [0.4, 0.5) is 0 Å². The van der Waals surface area contributed by atoms with Crippen LogP contribution in [-0.2, 0) is 0 Å². The molecule has 15 heavy (non-hydrogen) atoms. The number of aromatic nitrogens is 2. The Hall–Kier alpha value is -1.22. The summed E-state index contributed by atoms with van der Waals surface area (Å²) < 4.78 is 0. The first-order valence-electron chi connectivity index (χ1n) is 5.05. The maximum Gasteiger partial charge on any atom is 0.0901 e. The summed E-state index contributed by atoms with van der Waals surface area (Å²) in [6.45, 7) is 6.33. The van der Waals surface area contributed by atoms with Crippen molar-refractivity contribution in [2.24, 2.45) is 0 Å². The van der Waals surface area contributed by atoms with Gasteiger partial charge < -0.3 is 0 Å². The molecule has 0 unspecified atom stereocenters. The van der Waals surface area contributed by atoms with Crippen LogP contribution in [-0.4, -0.2) is 9.97 Å². The maximum absolute atomic E-state index is 4.47. The molecule has 0 N–H and O–H groups in total. The van der Waals surface area contributed by atoms with Crippen molar-refractivity contribution in [3.8, 4) is 11.3 Å². The normalized spacial score (nSPS) is 10.9. The van der Waals surface area contributed by atoms with E-state index in [2.05, 4.69) is 35.3 Å². The number of nitrogens with zero attached hydrogens (tertiary/aromatic N) is 2. The van der Waals surface area contributed by atoms with Gasteiger partial charge in [-0.15, -0.1) is 11.3 Å². The number of hydrogen-bond donors (Lipinski definition) is 0. The third kappa shape index (κ3) is 2.23. The maximum atomic E-state index is 4.47. The van der Waals surface area contributed by atoms with E-state index in [1.165, 1.54) is 0 Å². The second-order valence-corrected chi connectivity index (χ2v) is 4.94. The molecule has 2 aromatic heterocycles. The highest BCUT2D eigenvalue weighted by molar-refractivity contribution is 7.09. The molecule has 0 aromatic carbocycles. The molecule has 0 saturated heterocycles. The van der Waals surface area contributed by atoms with Gasteiger partial charge in [0.2, 0.25) is 0 Å². The minimum absolute atomic E-state index is 0.463. The number of aryl methyl sites for hydroxylation is 1. The van der Waals surface area contributed by atoms with Crippen molar-refractivity contribution in [2.45, 2.75) is 26.7 Å². The van der Waals surface area contributed by atoms with Crippen LogP contribution in [0.15, 0.2) is 23.7 Å². The van der Waals surface area contributed by atoms with E-state index in [4.69, 9.17) is 0 Å². The van der Waals surface area contributed by atoms with Gasteiger partial charge in [-0.25, -0.2) is 4.98 Å². The van der Waals surface area contributed by atoms with Crippen LogP contribution < -0.4 is 0 Å². The Labute approximate surface area is 94.0 Å². The van der Waals surface area contributed by atoms with E-state index in [9.17, 15) is 0 Å². The zero-order valence-electron chi connectivity index (χ0n) is 9.19. The molecule has 0 bridgehead atoms. The fourth-order valence-electron chi connectivity index (χ4n) is 1.42. The van der Waals surface area contributed by atoms with E-state index in [0.29, 0.717) is 5.92 Å². The van der Waals surface area contributed by atoms with Crippen molar-refractivity contribution in [1.29, 1.82) is 0 Å². The van der Waals surface area contributed by atoms with Crippen LogP contribution >= 0.6 is 11.3 Å². The van der Waals surface area contributed by atoms with Crippen molar-refractivity contribution in [3.05, 3.63) is 34.4 Å². The molecule has 0 spiro atoms. The van der Waals surface area contributed by atoms with Crippen LogP contribution in [0.5, 0.6) is 0 Å². The van der Waals surface area contributed by atoms with Crippen LogP contribution in [0, 0.1) is 6.92 Å². The van der Waals surface area contributed by atoms with Gasteiger partial charge >= 0.3 is 0 Å². The monoisotopic (exact) mass is 218 g/mol. The number of thiazole rings is 1. The molecule has 3 heteroatoms. The summed E-state index contributed by atoms with van der Waals surface area (Å²) in [5.41, 5.74) is 3.35. The Kier molecular flexibility index (Phi) is 2.82. The lowest BCUT2D eigenvalue weighted by Crippen LogP contribution is -1.92. The molecule has 0 aliphatic carbocycles. The second kappa shape index (κ2) is 4.11. The van der Waals surface area contributed by atoms with Crippen molar-refractivity contribution < 1.29 is 0 Å². The highest BCUT2D eigenvalue weighted by Gasteiger charge is 2.05. The van der Waals surface area contributed by atoms with E-state index in [1.807, 2.05) is 19.2 Å². The molecule has 0 aliphatic rings. The second-order valence-electron chi connectivity index (χ2n) is 3.88. The van der Waals surface area contributed by atoms with Crippen molar-refractivity contribution in [1.82, 2.24) is 9.97 Å². The van der Waals surface area contributed by atoms with Gasteiger partial charge in [0.05, 0.1) is 10.7 Å². The van der Waals surface area contributed by atoms with Crippen LogP contribution in [0.3, 0.4) is 0 Å². The fourth-order valence-corrected chi connectivity index (χ4v) is 2.04. The van der Waals surface area contributed by atoms with Gasteiger partial charge in [-0.05, 0) is 25.0 Å². The number of rotatable bonds is 2. The van der Waals surface area contributed by atoms with Gasteiger partial charge in [0.25, 0.3) is 0 Å². The minimum Gasteiger partial charge on any atom is -0.261 e. The standard InChI is InChI=1S/C12H14N2S/c1-8(2)11-6-10(4-5-13-11)12-7-15-9(3)14-12/h4-8H,1-3H3. The average Bonchev–Trinajstić information content (AvgIpc) is 2.65. The quantitative estimate of drug-likeness (QED) is 0.769. The lowest BCUT2D eigenvalue weighted by atomic mass is 10.1. The number of pyridine rings is 1. The predicted octanol–water partition coefficient (Wildman–Crippen LogP) is 3.64. The topological polar surface area (TPSA) is 25.8 Å². The lowest BCUT2D eigenvalue weighted by Gasteiger charge is -2.05. The smallest absolute Gasteiger partial charge is 0.0901 e. The van der Waals surface area contributed by atoms with Gasteiger partial charge in [0.1, 0.15) is 0 Å². The molecule has 0 radical (unpaired) electrons. The van der Waals surface area contributed by atoms with Crippen LogP contribution in [0.25, 0.3) is 11.3 Å². The van der Waals surface area contributed by atoms with Crippen molar-refractivity contribution in [2.75, 3.05) is 0 Å². The summed E-state index contributed by atoms with van der Waals surface area (Å²) in [6.07, 6.45) is 1.86. The number of hydrogen-bond acceptors (Lipinski definition) is 3. The van der Waals surface area contributed by atoms with E-state index >= 15 is 0 Å². The molecule has 0 saturated carbocycles. The summed E-state index contributed by atoms with van der Waals surface area (Å²) in [6, 6.07) is 4.14. The van der Waals surface area contributed by atoms with Gasteiger partial charge in [-0.2, -0.15) is 0 Å². The Morgan fingerprint density at radius 1 is 1.33 bits per heavy atom. The van der Waals surface area contributed by atoms with E-state index in [-0.39, 0.29) is 0 Å². The third-order valence-electron chi connectivity index (χ3n) is 2.29.